The number of hydrogen-bond donors (Lipinski definition) is 2. The average molecular weight is 270 g/mol. The molecule has 0 saturated heterocycles. The highest BCUT2D eigenvalue weighted by Crippen LogP contribution is 2.37. The molecule has 1 aliphatic heterocycles. The lowest BCUT2D eigenvalue weighted by Gasteiger charge is -2.19. The van der Waals surface area contributed by atoms with Crippen LogP contribution in [0.5, 0.6) is 5.75 Å². The first-order valence-electron chi connectivity index (χ1n) is 6.92. The van der Waals surface area contributed by atoms with Crippen LogP contribution >= 0.6 is 0 Å². The summed E-state index contributed by atoms with van der Waals surface area (Å²) in [5, 5.41) is 7.88. The zero-order valence-corrected chi connectivity index (χ0v) is 11.5. The van der Waals surface area contributed by atoms with E-state index in [2.05, 4.69) is 34.9 Å². The average Bonchev–Trinajstić information content (AvgIpc) is 2.69. The summed E-state index contributed by atoms with van der Waals surface area (Å²) in [6.45, 7) is 0.687. The van der Waals surface area contributed by atoms with E-state index >= 15 is 0 Å². The number of carbonyl (C=O) groups is 1. The standard InChI is InChI=1S/C16H18N2O2/c1-17-16(19)18-14-7-4-10-20-15-12-6-3-2-5-11(12)8-9-13(14)15/h2-3,5-6,8-9,14H,4,7,10H2,1H3,(H2,17,18,19)/t14-/m0/s1. The van der Waals surface area contributed by atoms with Gasteiger partial charge < -0.3 is 15.4 Å². The van der Waals surface area contributed by atoms with Gasteiger partial charge in [-0.15, -0.1) is 0 Å². The van der Waals surface area contributed by atoms with E-state index in [9.17, 15) is 4.79 Å². The van der Waals surface area contributed by atoms with Gasteiger partial charge in [-0.25, -0.2) is 4.79 Å². The highest BCUT2D eigenvalue weighted by atomic mass is 16.5. The Bertz CT molecular complexity index is 639. The van der Waals surface area contributed by atoms with Gasteiger partial charge in [0.2, 0.25) is 0 Å². The van der Waals surface area contributed by atoms with Gasteiger partial charge in [0.15, 0.2) is 0 Å². The molecule has 3 rings (SSSR count). The summed E-state index contributed by atoms with van der Waals surface area (Å²) < 4.78 is 5.94. The summed E-state index contributed by atoms with van der Waals surface area (Å²) in [5.41, 5.74) is 1.06. The fraction of sp³-hybridized carbons (Fsp3) is 0.312. The molecule has 0 unspecified atom stereocenters. The highest BCUT2D eigenvalue weighted by Gasteiger charge is 2.22. The van der Waals surface area contributed by atoms with E-state index < -0.39 is 0 Å². The Morgan fingerprint density at radius 2 is 2.10 bits per heavy atom. The molecule has 2 N–H and O–H groups in total. The van der Waals surface area contributed by atoms with E-state index in [1.165, 1.54) is 0 Å². The Morgan fingerprint density at radius 1 is 1.25 bits per heavy atom. The summed E-state index contributed by atoms with van der Waals surface area (Å²) in [6, 6.07) is 12.2. The van der Waals surface area contributed by atoms with Crippen molar-refractivity contribution in [2.75, 3.05) is 13.7 Å². The van der Waals surface area contributed by atoms with E-state index in [-0.39, 0.29) is 12.1 Å². The fourth-order valence-corrected chi connectivity index (χ4v) is 2.69. The molecule has 0 bridgehead atoms. The summed E-state index contributed by atoms with van der Waals surface area (Å²) in [4.78, 5) is 11.6. The predicted octanol–water partition coefficient (Wildman–Crippen LogP) is 2.98. The summed E-state index contributed by atoms with van der Waals surface area (Å²) in [7, 11) is 1.63. The van der Waals surface area contributed by atoms with Gasteiger partial charge in [-0.05, 0) is 18.2 Å². The van der Waals surface area contributed by atoms with Gasteiger partial charge in [-0.2, -0.15) is 0 Å². The normalized spacial score (nSPS) is 17.8. The number of amides is 2. The van der Waals surface area contributed by atoms with Crippen LogP contribution in [0.25, 0.3) is 10.8 Å². The largest absolute Gasteiger partial charge is 0.493 e. The van der Waals surface area contributed by atoms with Crippen LogP contribution in [0.3, 0.4) is 0 Å². The Morgan fingerprint density at radius 3 is 2.95 bits per heavy atom. The lowest BCUT2D eigenvalue weighted by molar-refractivity contribution is 0.238. The molecule has 4 nitrogen and oxygen atoms in total. The molecule has 2 aromatic rings. The minimum absolute atomic E-state index is 0.00273. The smallest absolute Gasteiger partial charge is 0.315 e. The van der Waals surface area contributed by atoms with Crippen LogP contribution in [-0.4, -0.2) is 19.7 Å². The number of ether oxygens (including phenoxy) is 1. The minimum atomic E-state index is -0.156. The maximum absolute atomic E-state index is 11.6. The first kappa shape index (κ1) is 12.8. The van der Waals surface area contributed by atoms with Crippen molar-refractivity contribution in [2.45, 2.75) is 18.9 Å². The van der Waals surface area contributed by atoms with Crippen molar-refractivity contribution in [3.63, 3.8) is 0 Å². The van der Waals surface area contributed by atoms with Gasteiger partial charge in [-0.1, -0.05) is 36.4 Å². The zero-order chi connectivity index (χ0) is 13.9. The van der Waals surface area contributed by atoms with Gasteiger partial charge in [0.1, 0.15) is 5.75 Å². The third-order valence-electron chi connectivity index (χ3n) is 3.70. The molecule has 0 aromatic heterocycles. The molecule has 4 heteroatoms. The number of urea groups is 1. The number of nitrogens with one attached hydrogen (secondary N) is 2. The van der Waals surface area contributed by atoms with Crippen LogP contribution in [0.2, 0.25) is 0 Å². The predicted molar refractivity (Wildman–Crippen MR) is 79.0 cm³/mol. The van der Waals surface area contributed by atoms with Crippen molar-refractivity contribution < 1.29 is 9.53 Å². The first-order chi connectivity index (χ1) is 9.79. The van der Waals surface area contributed by atoms with E-state index in [4.69, 9.17) is 4.74 Å². The Hall–Kier alpha value is -2.23. The second kappa shape index (κ2) is 5.41. The lowest BCUT2D eigenvalue weighted by Crippen LogP contribution is -2.35. The molecule has 2 amide bonds. The zero-order valence-electron chi connectivity index (χ0n) is 11.5. The van der Waals surface area contributed by atoms with Crippen LogP contribution < -0.4 is 15.4 Å². The Labute approximate surface area is 118 Å². The third-order valence-corrected chi connectivity index (χ3v) is 3.70. The third kappa shape index (κ3) is 2.29. The van der Waals surface area contributed by atoms with Crippen molar-refractivity contribution in [1.82, 2.24) is 10.6 Å². The maximum atomic E-state index is 11.6. The molecule has 0 aliphatic carbocycles. The topological polar surface area (TPSA) is 50.4 Å². The molecule has 1 heterocycles. The number of benzene rings is 2. The number of fused-ring (bicyclic) bond motifs is 3. The SMILES string of the molecule is CNC(=O)N[C@H]1CCCOc2c1ccc1ccccc21. The maximum Gasteiger partial charge on any atom is 0.315 e. The van der Waals surface area contributed by atoms with Crippen LogP contribution in [0.1, 0.15) is 24.4 Å². The Kier molecular flexibility index (Phi) is 3.46. The molecule has 0 spiro atoms. The molecule has 104 valence electrons. The summed E-state index contributed by atoms with van der Waals surface area (Å²) in [6.07, 6.45) is 1.82. The van der Waals surface area contributed by atoms with Crippen LogP contribution in [0.15, 0.2) is 36.4 Å². The van der Waals surface area contributed by atoms with Gasteiger partial charge >= 0.3 is 6.03 Å². The van der Waals surface area contributed by atoms with Crippen LogP contribution in [0.4, 0.5) is 4.79 Å². The van der Waals surface area contributed by atoms with E-state index in [1.54, 1.807) is 7.05 Å². The van der Waals surface area contributed by atoms with E-state index in [0.717, 1.165) is 34.9 Å². The number of hydrogen-bond acceptors (Lipinski definition) is 2. The summed E-state index contributed by atoms with van der Waals surface area (Å²) >= 11 is 0. The van der Waals surface area contributed by atoms with Crippen LogP contribution in [-0.2, 0) is 0 Å². The Balaban J connectivity index is 2.07. The molecule has 0 saturated carbocycles. The summed E-state index contributed by atoms with van der Waals surface area (Å²) in [5.74, 6) is 0.905. The van der Waals surface area contributed by atoms with Gasteiger partial charge in [0.05, 0.1) is 12.6 Å². The lowest BCUT2D eigenvalue weighted by atomic mass is 9.98. The van der Waals surface area contributed by atoms with Crippen molar-refractivity contribution >= 4 is 16.8 Å². The molecule has 0 fully saturated rings. The molecule has 2 aromatic carbocycles. The van der Waals surface area contributed by atoms with E-state index in [1.807, 2.05) is 12.1 Å². The molecule has 0 radical (unpaired) electrons. The monoisotopic (exact) mass is 270 g/mol. The first-order valence-corrected chi connectivity index (χ1v) is 6.92. The van der Waals surface area contributed by atoms with Gasteiger partial charge in [-0.3, -0.25) is 0 Å². The second-order valence-corrected chi connectivity index (χ2v) is 4.97. The van der Waals surface area contributed by atoms with E-state index in [0.29, 0.717) is 6.61 Å². The van der Waals surface area contributed by atoms with Crippen molar-refractivity contribution in [3.05, 3.63) is 42.0 Å². The van der Waals surface area contributed by atoms with Crippen molar-refractivity contribution in [3.8, 4) is 5.75 Å². The molecule has 20 heavy (non-hydrogen) atoms. The molecule has 1 atom stereocenters. The molecule has 1 aliphatic rings. The number of carbonyl (C=O) groups excluding carboxylic acids is 1. The fourth-order valence-electron chi connectivity index (χ4n) is 2.69. The highest BCUT2D eigenvalue weighted by molar-refractivity contribution is 5.90. The molecular weight excluding hydrogens is 252 g/mol. The van der Waals surface area contributed by atoms with Crippen molar-refractivity contribution in [1.29, 1.82) is 0 Å². The quantitative estimate of drug-likeness (QED) is 0.837. The molecular formula is C16H18N2O2. The van der Waals surface area contributed by atoms with Gasteiger partial charge in [0.25, 0.3) is 0 Å². The second-order valence-electron chi connectivity index (χ2n) is 4.97. The minimum Gasteiger partial charge on any atom is -0.493 e. The number of rotatable bonds is 1. The van der Waals surface area contributed by atoms with Crippen LogP contribution in [0, 0.1) is 0 Å². The van der Waals surface area contributed by atoms with Gasteiger partial charge in [0, 0.05) is 18.0 Å². The van der Waals surface area contributed by atoms with Crippen molar-refractivity contribution in [2.24, 2.45) is 0 Å².